The van der Waals surface area contributed by atoms with Crippen LogP contribution in [0.25, 0.3) is 10.9 Å². The second kappa shape index (κ2) is 6.47. The second-order valence-corrected chi connectivity index (χ2v) is 6.26. The Morgan fingerprint density at radius 3 is 2.48 bits per heavy atom. The van der Waals surface area contributed by atoms with Crippen LogP contribution in [0.1, 0.15) is 36.7 Å². The van der Waals surface area contributed by atoms with Crippen LogP contribution < -0.4 is 10.5 Å². The molecule has 2 N–H and O–H groups in total. The van der Waals surface area contributed by atoms with Gasteiger partial charge in [0.1, 0.15) is 12.4 Å². The van der Waals surface area contributed by atoms with Gasteiger partial charge in [0.05, 0.1) is 5.69 Å². The van der Waals surface area contributed by atoms with Gasteiger partial charge in [0.15, 0.2) is 0 Å². The molecule has 0 bridgehead atoms. The van der Waals surface area contributed by atoms with E-state index in [1.807, 2.05) is 12.1 Å². The second-order valence-electron chi connectivity index (χ2n) is 6.26. The highest BCUT2D eigenvalue weighted by molar-refractivity contribution is 5.85. The number of rotatable bonds is 5. The summed E-state index contributed by atoms with van der Waals surface area (Å²) in [6, 6.07) is 17.1. The normalized spacial score (nSPS) is 11.3. The molecule has 0 saturated heterocycles. The number of hydrogen-bond acceptors (Lipinski definition) is 2. The van der Waals surface area contributed by atoms with Gasteiger partial charge in [-0.15, -0.1) is 0 Å². The predicted molar refractivity (Wildman–Crippen MR) is 95.7 cm³/mol. The first kappa shape index (κ1) is 15.6. The van der Waals surface area contributed by atoms with Crippen LogP contribution >= 0.6 is 0 Å². The average molecular weight is 308 g/mol. The molecule has 0 unspecified atom stereocenters. The van der Waals surface area contributed by atoms with E-state index in [0.717, 1.165) is 5.75 Å². The first-order valence-corrected chi connectivity index (χ1v) is 8.11. The third-order valence-corrected chi connectivity index (χ3v) is 4.20. The largest absolute Gasteiger partial charge is 0.487 e. The number of fused-ring (bicyclic) bond motifs is 1. The SMILES string of the molecule is Cc1ccc(OCc2cc3c(CN)cccc3n2C(C)C)cc1. The predicted octanol–water partition coefficient (Wildman–Crippen LogP) is 4.57. The summed E-state index contributed by atoms with van der Waals surface area (Å²) in [6.45, 7) is 7.58. The Labute approximate surface area is 137 Å². The minimum Gasteiger partial charge on any atom is -0.487 e. The molecule has 0 aliphatic heterocycles. The third kappa shape index (κ3) is 3.10. The molecule has 0 spiro atoms. The first-order chi connectivity index (χ1) is 11.1. The Hall–Kier alpha value is -2.26. The molecule has 3 nitrogen and oxygen atoms in total. The van der Waals surface area contributed by atoms with Crippen molar-refractivity contribution in [1.82, 2.24) is 4.57 Å². The number of benzene rings is 2. The average Bonchev–Trinajstić information content (AvgIpc) is 2.92. The fourth-order valence-corrected chi connectivity index (χ4v) is 3.06. The van der Waals surface area contributed by atoms with Gasteiger partial charge in [0, 0.05) is 23.5 Å². The van der Waals surface area contributed by atoms with E-state index in [1.165, 1.54) is 27.7 Å². The maximum atomic E-state index is 5.99. The van der Waals surface area contributed by atoms with E-state index < -0.39 is 0 Å². The van der Waals surface area contributed by atoms with Crippen LogP contribution in [-0.2, 0) is 13.2 Å². The minimum atomic E-state index is 0.372. The maximum absolute atomic E-state index is 5.99. The van der Waals surface area contributed by atoms with Crippen molar-refractivity contribution in [3.05, 3.63) is 65.4 Å². The number of nitrogens with two attached hydrogens (primary N) is 1. The molecule has 0 aliphatic carbocycles. The maximum Gasteiger partial charge on any atom is 0.128 e. The summed E-state index contributed by atoms with van der Waals surface area (Å²) in [5.41, 5.74) is 10.7. The fraction of sp³-hybridized carbons (Fsp3) is 0.300. The van der Waals surface area contributed by atoms with Crippen LogP contribution in [0.5, 0.6) is 5.75 Å². The molecule has 23 heavy (non-hydrogen) atoms. The number of nitrogens with zero attached hydrogens (tertiary/aromatic N) is 1. The molecule has 0 atom stereocenters. The first-order valence-electron chi connectivity index (χ1n) is 8.11. The monoisotopic (exact) mass is 308 g/mol. The molecule has 0 radical (unpaired) electrons. The van der Waals surface area contributed by atoms with Gasteiger partial charge in [-0.3, -0.25) is 0 Å². The van der Waals surface area contributed by atoms with Crippen molar-refractivity contribution in [1.29, 1.82) is 0 Å². The Balaban J connectivity index is 1.96. The smallest absolute Gasteiger partial charge is 0.128 e. The summed E-state index contributed by atoms with van der Waals surface area (Å²) in [7, 11) is 0. The van der Waals surface area contributed by atoms with Gasteiger partial charge in [-0.25, -0.2) is 0 Å². The van der Waals surface area contributed by atoms with Crippen LogP contribution in [0.3, 0.4) is 0 Å². The number of aromatic nitrogens is 1. The lowest BCUT2D eigenvalue weighted by molar-refractivity contribution is 0.293. The van der Waals surface area contributed by atoms with Gasteiger partial charge in [-0.05, 0) is 50.6 Å². The van der Waals surface area contributed by atoms with Gasteiger partial charge in [-0.2, -0.15) is 0 Å². The standard InChI is InChI=1S/C20H24N2O/c1-14(2)22-17(13-23-18-9-7-15(3)8-10-18)11-19-16(12-21)5-4-6-20(19)22/h4-11,14H,12-13,21H2,1-3H3. The Morgan fingerprint density at radius 1 is 1.09 bits per heavy atom. The van der Waals surface area contributed by atoms with Crippen molar-refractivity contribution in [2.45, 2.75) is 40.0 Å². The summed E-state index contributed by atoms with van der Waals surface area (Å²) < 4.78 is 8.32. The summed E-state index contributed by atoms with van der Waals surface area (Å²) in [4.78, 5) is 0. The van der Waals surface area contributed by atoms with E-state index in [2.05, 4.69) is 61.7 Å². The number of hydrogen-bond donors (Lipinski definition) is 1. The fourth-order valence-electron chi connectivity index (χ4n) is 3.06. The van der Waals surface area contributed by atoms with Gasteiger partial charge in [0.25, 0.3) is 0 Å². The summed E-state index contributed by atoms with van der Waals surface area (Å²) in [6.07, 6.45) is 0. The molecule has 1 aromatic heterocycles. The van der Waals surface area contributed by atoms with Crippen molar-refractivity contribution in [3.8, 4) is 5.75 Å². The summed E-state index contributed by atoms with van der Waals surface area (Å²) >= 11 is 0. The quantitative estimate of drug-likeness (QED) is 0.750. The Morgan fingerprint density at radius 2 is 1.83 bits per heavy atom. The van der Waals surface area contributed by atoms with E-state index in [4.69, 9.17) is 10.5 Å². The molecule has 2 aromatic carbocycles. The van der Waals surface area contributed by atoms with E-state index >= 15 is 0 Å². The van der Waals surface area contributed by atoms with Crippen LogP contribution in [0.4, 0.5) is 0 Å². The summed E-state index contributed by atoms with van der Waals surface area (Å²) in [5.74, 6) is 0.898. The molecule has 120 valence electrons. The van der Waals surface area contributed by atoms with E-state index in [1.54, 1.807) is 0 Å². The lowest BCUT2D eigenvalue weighted by Crippen LogP contribution is -2.08. The van der Waals surface area contributed by atoms with Gasteiger partial charge in [-0.1, -0.05) is 29.8 Å². The topological polar surface area (TPSA) is 40.2 Å². The van der Waals surface area contributed by atoms with E-state index in [-0.39, 0.29) is 0 Å². The molecule has 1 heterocycles. The Kier molecular flexibility index (Phi) is 4.39. The molecule has 3 rings (SSSR count). The molecular weight excluding hydrogens is 284 g/mol. The zero-order valence-corrected chi connectivity index (χ0v) is 14.0. The lowest BCUT2D eigenvalue weighted by atomic mass is 10.1. The molecule has 3 aromatic rings. The highest BCUT2D eigenvalue weighted by Gasteiger charge is 2.13. The zero-order valence-electron chi connectivity index (χ0n) is 14.0. The lowest BCUT2D eigenvalue weighted by Gasteiger charge is -2.15. The van der Waals surface area contributed by atoms with Crippen molar-refractivity contribution in [2.75, 3.05) is 0 Å². The number of aryl methyl sites for hydroxylation is 1. The molecule has 3 heteroatoms. The van der Waals surface area contributed by atoms with Crippen LogP contribution in [0, 0.1) is 6.92 Å². The highest BCUT2D eigenvalue weighted by atomic mass is 16.5. The van der Waals surface area contributed by atoms with Crippen molar-refractivity contribution in [2.24, 2.45) is 5.73 Å². The molecule has 0 saturated carbocycles. The molecular formula is C20H24N2O. The third-order valence-electron chi connectivity index (χ3n) is 4.20. The minimum absolute atomic E-state index is 0.372. The van der Waals surface area contributed by atoms with Crippen LogP contribution in [0.2, 0.25) is 0 Å². The molecule has 0 aliphatic rings. The zero-order chi connectivity index (χ0) is 16.4. The van der Waals surface area contributed by atoms with Crippen molar-refractivity contribution < 1.29 is 4.74 Å². The van der Waals surface area contributed by atoms with Crippen molar-refractivity contribution in [3.63, 3.8) is 0 Å². The van der Waals surface area contributed by atoms with Crippen LogP contribution in [-0.4, -0.2) is 4.57 Å². The molecule has 0 fully saturated rings. The van der Waals surface area contributed by atoms with Crippen molar-refractivity contribution >= 4 is 10.9 Å². The highest BCUT2D eigenvalue weighted by Crippen LogP contribution is 2.28. The van der Waals surface area contributed by atoms with E-state index in [9.17, 15) is 0 Å². The van der Waals surface area contributed by atoms with E-state index in [0.29, 0.717) is 19.2 Å². The van der Waals surface area contributed by atoms with Crippen LogP contribution in [0.15, 0.2) is 48.5 Å². The van der Waals surface area contributed by atoms with Gasteiger partial charge in [0.2, 0.25) is 0 Å². The molecule has 0 amide bonds. The Bertz CT molecular complexity index is 800. The number of ether oxygens (including phenoxy) is 1. The van der Waals surface area contributed by atoms with Gasteiger partial charge >= 0.3 is 0 Å². The van der Waals surface area contributed by atoms with Gasteiger partial charge < -0.3 is 15.0 Å². The summed E-state index contributed by atoms with van der Waals surface area (Å²) in [5, 5.41) is 1.23.